The highest BCUT2D eigenvalue weighted by atomic mass is 15.0. The molecular formula is C55H38N6. The van der Waals surface area contributed by atoms with E-state index in [2.05, 4.69) is 143 Å². The van der Waals surface area contributed by atoms with Gasteiger partial charge in [0.25, 0.3) is 0 Å². The lowest BCUT2D eigenvalue weighted by Crippen LogP contribution is -2.15. The van der Waals surface area contributed by atoms with Crippen molar-refractivity contribution in [2.24, 2.45) is 0 Å². The normalized spacial score (nSPS) is 12.9. The Labute approximate surface area is 353 Å². The number of hydrogen-bond donors (Lipinski definition) is 0. The number of nitrogens with zero attached hydrogens (tertiary/aromatic N) is 6. The number of fused-ring (bicyclic) bond motifs is 9. The van der Waals surface area contributed by atoms with Gasteiger partial charge >= 0.3 is 0 Å². The molecule has 7 aromatic carbocycles. The predicted octanol–water partition coefficient (Wildman–Crippen LogP) is 13.3. The Morgan fingerprint density at radius 1 is 0.443 bits per heavy atom. The maximum Gasteiger partial charge on any atom is 0.164 e. The van der Waals surface area contributed by atoms with Crippen LogP contribution in [0.3, 0.4) is 0 Å². The molecule has 6 nitrogen and oxygen atoms in total. The standard InChI is InChI=1S/C55H38N6/c1-55(2)45-26-13-12-25-43(45)51-49(55)48-47(60(51)40-22-10-5-11-23-40)30-28-42-44-33-37(39-21-15-31-56-34-39)27-29-46(44)61(50(42)48)41-24-14-20-38(32-41)54-58-52(35-16-6-3-7-17-35)57-53(59-54)36-18-8-4-9-19-36/h3-34H,1-2H3. The summed E-state index contributed by atoms with van der Waals surface area (Å²) in [6.07, 6.45) is 3.77. The fraction of sp³-hybridized carbons (Fsp3) is 0.0545. The molecule has 288 valence electrons. The average molecular weight is 783 g/mol. The molecule has 0 radical (unpaired) electrons. The molecule has 4 heterocycles. The summed E-state index contributed by atoms with van der Waals surface area (Å²) >= 11 is 0. The fourth-order valence-corrected chi connectivity index (χ4v) is 9.66. The molecule has 0 bridgehead atoms. The van der Waals surface area contributed by atoms with Gasteiger partial charge in [-0.2, -0.15) is 0 Å². The third-order valence-electron chi connectivity index (χ3n) is 12.4. The van der Waals surface area contributed by atoms with Crippen LogP contribution >= 0.6 is 0 Å². The summed E-state index contributed by atoms with van der Waals surface area (Å²) in [6.45, 7) is 4.77. The van der Waals surface area contributed by atoms with Crippen LogP contribution in [0.15, 0.2) is 194 Å². The second-order valence-electron chi connectivity index (χ2n) is 16.3. The van der Waals surface area contributed by atoms with Crippen molar-refractivity contribution < 1.29 is 0 Å². The largest absolute Gasteiger partial charge is 0.309 e. The first-order chi connectivity index (χ1) is 30.0. The summed E-state index contributed by atoms with van der Waals surface area (Å²) < 4.78 is 4.95. The van der Waals surface area contributed by atoms with Gasteiger partial charge in [0, 0.05) is 73.2 Å². The van der Waals surface area contributed by atoms with Crippen LogP contribution in [0.5, 0.6) is 0 Å². The second-order valence-corrected chi connectivity index (χ2v) is 16.3. The van der Waals surface area contributed by atoms with Gasteiger partial charge in [0.05, 0.1) is 22.2 Å². The van der Waals surface area contributed by atoms with Crippen LogP contribution in [-0.4, -0.2) is 29.1 Å². The first kappa shape index (κ1) is 35.0. The number of hydrogen-bond acceptors (Lipinski definition) is 4. The Hall–Kier alpha value is -7.96. The highest BCUT2D eigenvalue weighted by molar-refractivity contribution is 6.22. The molecule has 0 saturated carbocycles. The van der Waals surface area contributed by atoms with E-state index < -0.39 is 0 Å². The van der Waals surface area contributed by atoms with E-state index in [4.69, 9.17) is 15.0 Å². The van der Waals surface area contributed by atoms with Crippen molar-refractivity contribution >= 4 is 32.7 Å². The molecule has 0 fully saturated rings. The highest BCUT2D eigenvalue weighted by Crippen LogP contribution is 2.55. The van der Waals surface area contributed by atoms with Crippen LogP contribution < -0.4 is 0 Å². The minimum Gasteiger partial charge on any atom is -0.309 e. The molecule has 4 aromatic heterocycles. The molecule has 11 aromatic rings. The van der Waals surface area contributed by atoms with E-state index in [0.29, 0.717) is 17.5 Å². The van der Waals surface area contributed by atoms with Crippen molar-refractivity contribution in [1.82, 2.24) is 29.1 Å². The van der Waals surface area contributed by atoms with E-state index in [0.717, 1.165) is 44.7 Å². The van der Waals surface area contributed by atoms with Gasteiger partial charge < -0.3 is 9.13 Å². The predicted molar refractivity (Wildman–Crippen MR) is 248 cm³/mol. The zero-order valence-electron chi connectivity index (χ0n) is 33.7. The summed E-state index contributed by atoms with van der Waals surface area (Å²) in [5.74, 6) is 1.89. The van der Waals surface area contributed by atoms with Gasteiger partial charge in [0.15, 0.2) is 17.5 Å². The SMILES string of the molecule is CC1(C)c2ccccc2-c2c1c1c(ccc3c4cc(-c5cccnc5)ccc4n(-c4cccc(-c5nc(-c6ccccc6)nc(-c6ccccc6)n5)c4)c31)n2-c1ccccc1. The maximum atomic E-state index is 5.13. The first-order valence-corrected chi connectivity index (χ1v) is 20.7. The van der Waals surface area contributed by atoms with Gasteiger partial charge in [-0.25, -0.2) is 15.0 Å². The molecule has 0 saturated heterocycles. The quantitative estimate of drug-likeness (QED) is 0.169. The monoisotopic (exact) mass is 782 g/mol. The number of benzene rings is 7. The van der Waals surface area contributed by atoms with Crippen molar-refractivity contribution in [1.29, 1.82) is 0 Å². The minimum absolute atomic E-state index is 0.269. The fourth-order valence-electron chi connectivity index (χ4n) is 9.66. The topological polar surface area (TPSA) is 61.4 Å². The molecule has 0 spiro atoms. The van der Waals surface area contributed by atoms with Crippen LogP contribution in [0.2, 0.25) is 0 Å². The summed E-state index contributed by atoms with van der Waals surface area (Å²) in [4.78, 5) is 19.7. The summed E-state index contributed by atoms with van der Waals surface area (Å²) in [6, 6.07) is 64.3. The molecule has 1 aliphatic rings. The molecule has 0 aliphatic heterocycles. The van der Waals surface area contributed by atoms with E-state index >= 15 is 0 Å². The maximum absolute atomic E-state index is 5.13. The molecule has 0 amide bonds. The van der Waals surface area contributed by atoms with Crippen molar-refractivity contribution in [3.8, 4) is 67.9 Å². The lowest BCUT2D eigenvalue weighted by Gasteiger charge is -2.22. The zero-order chi connectivity index (χ0) is 40.7. The minimum atomic E-state index is -0.269. The number of rotatable bonds is 6. The summed E-state index contributed by atoms with van der Waals surface area (Å²) in [7, 11) is 0. The van der Waals surface area contributed by atoms with Crippen molar-refractivity contribution in [3.05, 3.63) is 206 Å². The van der Waals surface area contributed by atoms with Crippen molar-refractivity contribution in [2.75, 3.05) is 0 Å². The Balaban J connectivity index is 1.18. The number of aromatic nitrogens is 6. The van der Waals surface area contributed by atoms with Gasteiger partial charge in [-0.3, -0.25) is 4.98 Å². The Kier molecular flexibility index (Phi) is 7.78. The average Bonchev–Trinajstić information content (AvgIpc) is 3.94. The van der Waals surface area contributed by atoms with E-state index in [9.17, 15) is 0 Å². The lowest BCUT2D eigenvalue weighted by atomic mass is 9.81. The Morgan fingerprint density at radius 3 is 1.75 bits per heavy atom. The van der Waals surface area contributed by atoms with Gasteiger partial charge in [-0.1, -0.05) is 147 Å². The first-order valence-electron chi connectivity index (χ1n) is 20.7. The van der Waals surface area contributed by atoms with Gasteiger partial charge in [0.2, 0.25) is 0 Å². The van der Waals surface area contributed by atoms with E-state index in [1.54, 1.807) is 0 Å². The van der Waals surface area contributed by atoms with Crippen molar-refractivity contribution in [2.45, 2.75) is 19.3 Å². The smallest absolute Gasteiger partial charge is 0.164 e. The van der Waals surface area contributed by atoms with Crippen LogP contribution in [0.1, 0.15) is 25.0 Å². The Morgan fingerprint density at radius 2 is 1.05 bits per heavy atom. The molecule has 61 heavy (non-hydrogen) atoms. The van der Waals surface area contributed by atoms with Crippen LogP contribution in [0, 0.1) is 0 Å². The number of para-hydroxylation sites is 1. The summed E-state index contributed by atoms with van der Waals surface area (Å²) in [5.41, 5.74) is 15.6. The van der Waals surface area contributed by atoms with Gasteiger partial charge in [-0.15, -0.1) is 0 Å². The molecule has 0 N–H and O–H groups in total. The van der Waals surface area contributed by atoms with E-state index in [-0.39, 0.29) is 5.41 Å². The molecule has 6 heteroatoms. The molecule has 0 atom stereocenters. The second kappa shape index (κ2) is 13.5. The zero-order valence-corrected chi connectivity index (χ0v) is 33.7. The number of pyridine rings is 1. The third kappa shape index (κ3) is 5.42. The third-order valence-corrected chi connectivity index (χ3v) is 12.4. The van der Waals surface area contributed by atoms with Crippen LogP contribution in [0.4, 0.5) is 0 Å². The molecule has 0 unspecified atom stereocenters. The molecule has 12 rings (SSSR count). The Bertz CT molecular complexity index is 3420. The molecular weight excluding hydrogens is 745 g/mol. The highest BCUT2D eigenvalue weighted by Gasteiger charge is 2.41. The van der Waals surface area contributed by atoms with Gasteiger partial charge in [-0.05, 0) is 65.2 Å². The van der Waals surface area contributed by atoms with Gasteiger partial charge in [0.1, 0.15) is 0 Å². The van der Waals surface area contributed by atoms with Crippen molar-refractivity contribution in [3.63, 3.8) is 0 Å². The molecule has 1 aliphatic carbocycles. The lowest BCUT2D eigenvalue weighted by molar-refractivity contribution is 0.666. The van der Waals surface area contributed by atoms with Crippen LogP contribution in [0.25, 0.3) is 101 Å². The van der Waals surface area contributed by atoms with Crippen LogP contribution in [-0.2, 0) is 5.41 Å². The van der Waals surface area contributed by atoms with E-state index in [1.165, 1.54) is 49.6 Å². The van der Waals surface area contributed by atoms with E-state index in [1.807, 2.05) is 79.1 Å². The summed E-state index contributed by atoms with van der Waals surface area (Å²) in [5, 5.41) is 3.62.